The number of halogens is 2. The zero-order valence-electron chi connectivity index (χ0n) is 12.2. The van der Waals surface area contributed by atoms with Crippen LogP contribution < -0.4 is 5.73 Å². The Kier molecular flexibility index (Phi) is 5.62. The minimum absolute atomic E-state index is 0.179. The number of carbonyl (C=O) groups is 1. The number of nitrogens with zero attached hydrogens (tertiary/aromatic N) is 1. The Morgan fingerprint density at radius 1 is 1.30 bits per heavy atom. The van der Waals surface area contributed by atoms with Gasteiger partial charge in [-0.05, 0) is 31.0 Å². The van der Waals surface area contributed by atoms with Crippen molar-refractivity contribution in [3.63, 3.8) is 0 Å². The third kappa shape index (κ3) is 4.27. The molecule has 1 aromatic carbocycles. The van der Waals surface area contributed by atoms with E-state index >= 15 is 0 Å². The Morgan fingerprint density at radius 2 is 1.85 bits per heavy atom. The molecule has 5 heteroatoms. The predicted octanol–water partition coefficient (Wildman–Crippen LogP) is 2.34. The SMILES string of the molecule is CCN(CC(C)(C)CN)C(=O)Cc1c(F)cccc1F. The van der Waals surface area contributed by atoms with Crippen LogP contribution in [-0.2, 0) is 11.2 Å². The first kappa shape index (κ1) is 16.6. The molecule has 0 radical (unpaired) electrons. The van der Waals surface area contributed by atoms with Crippen LogP contribution in [0.25, 0.3) is 0 Å². The highest BCUT2D eigenvalue weighted by Gasteiger charge is 2.24. The summed E-state index contributed by atoms with van der Waals surface area (Å²) >= 11 is 0. The molecule has 1 aromatic rings. The maximum atomic E-state index is 13.6. The monoisotopic (exact) mass is 284 g/mol. The molecule has 0 aliphatic carbocycles. The average molecular weight is 284 g/mol. The van der Waals surface area contributed by atoms with E-state index in [1.807, 2.05) is 20.8 Å². The number of likely N-dealkylation sites (N-methyl/N-ethyl adjacent to an activating group) is 1. The summed E-state index contributed by atoms with van der Waals surface area (Å²) in [6, 6.07) is 3.60. The molecule has 0 saturated heterocycles. The fourth-order valence-corrected chi connectivity index (χ4v) is 1.92. The van der Waals surface area contributed by atoms with Gasteiger partial charge in [0, 0.05) is 18.7 Å². The fraction of sp³-hybridized carbons (Fsp3) is 0.533. The van der Waals surface area contributed by atoms with Crippen molar-refractivity contribution in [1.29, 1.82) is 0 Å². The van der Waals surface area contributed by atoms with Crippen molar-refractivity contribution >= 4 is 5.91 Å². The highest BCUT2D eigenvalue weighted by molar-refractivity contribution is 5.79. The third-order valence-corrected chi connectivity index (χ3v) is 3.30. The van der Waals surface area contributed by atoms with Gasteiger partial charge in [-0.1, -0.05) is 19.9 Å². The van der Waals surface area contributed by atoms with E-state index in [1.54, 1.807) is 4.90 Å². The van der Waals surface area contributed by atoms with Gasteiger partial charge in [0.05, 0.1) is 6.42 Å². The van der Waals surface area contributed by atoms with Gasteiger partial charge in [-0.15, -0.1) is 0 Å². The van der Waals surface area contributed by atoms with Crippen LogP contribution in [0.15, 0.2) is 18.2 Å². The largest absolute Gasteiger partial charge is 0.342 e. The van der Waals surface area contributed by atoms with Gasteiger partial charge < -0.3 is 10.6 Å². The number of nitrogens with two attached hydrogens (primary N) is 1. The molecule has 0 unspecified atom stereocenters. The summed E-state index contributed by atoms with van der Waals surface area (Å²) in [4.78, 5) is 13.8. The second-order valence-electron chi connectivity index (χ2n) is 5.65. The Hall–Kier alpha value is -1.49. The van der Waals surface area contributed by atoms with E-state index in [9.17, 15) is 13.6 Å². The minimum Gasteiger partial charge on any atom is -0.342 e. The number of carbonyl (C=O) groups excluding carboxylic acids is 1. The third-order valence-electron chi connectivity index (χ3n) is 3.30. The zero-order valence-corrected chi connectivity index (χ0v) is 12.2. The van der Waals surface area contributed by atoms with Gasteiger partial charge in [-0.3, -0.25) is 4.79 Å². The molecule has 0 saturated carbocycles. The summed E-state index contributed by atoms with van der Waals surface area (Å²) in [6.45, 7) is 7.12. The van der Waals surface area contributed by atoms with E-state index in [0.29, 0.717) is 19.6 Å². The van der Waals surface area contributed by atoms with Crippen LogP contribution in [0.4, 0.5) is 8.78 Å². The molecule has 0 bridgehead atoms. The number of amides is 1. The van der Waals surface area contributed by atoms with Crippen LogP contribution in [-0.4, -0.2) is 30.4 Å². The van der Waals surface area contributed by atoms with Crippen LogP contribution in [0.1, 0.15) is 26.3 Å². The number of rotatable bonds is 6. The predicted molar refractivity (Wildman–Crippen MR) is 75.2 cm³/mol. The van der Waals surface area contributed by atoms with Crippen molar-refractivity contribution in [3.05, 3.63) is 35.4 Å². The summed E-state index contributed by atoms with van der Waals surface area (Å²) in [7, 11) is 0. The zero-order chi connectivity index (χ0) is 15.3. The van der Waals surface area contributed by atoms with Crippen LogP contribution >= 0.6 is 0 Å². The maximum absolute atomic E-state index is 13.6. The Labute approximate surface area is 118 Å². The fourth-order valence-electron chi connectivity index (χ4n) is 1.92. The van der Waals surface area contributed by atoms with Crippen LogP contribution in [0.2, 0.25) is 0 Å². The lowest BCUT2D eigenvalue weighted by atomic mass is 9.93. The second-order valence-corrected chi connectivity index (χ2v) is 5.65. The molecule has 0 fully saturated rings. The van der Waals surface area contributed by atoms with Gasteiger partial charge in [0.1, 0.15) is 11.6 Å². The first-order valence-corrected chi connectivity index (χ1v) is 6.71. The first-order chi connectivity index (χ1) is 9.30. The summed E-state index contributed by atoms with van der Waals surface area (Å²) in [6.07, 6.45) is -0.271. The Balaban J connectivity index is 2.83. The van der Waals surface area contributed by atoms with Crippen LogP contribution in [0.3, 0.4) is 0 Å². The van der Waals surface area contributed by atoms with Crippen LogP contribution in [0, 0.1) is 17.0 Å². The number of hydrogen-bond acceptors (Lipinski definition) is 2. The maximum Gasteiger partial charge on any atom is 0.227 e. The molecular weight excluding hydrogens is 262 g/mol. The van der Waals surface area contributed by atoms with Gasteiger partial charge in [0.25, 0.3) is 0 Å². The van der Waals surface area contributed by atoms with Crippen molar-refractivity contribution in [2.75, 3.05) is 19.6 Å². The quantitative estimate of drug-likeness (QED) is 0.871. The molecular formula is C15H22F2N2O. The molecule has 0 heterocycles. The van der Waals surface area contributed by atoms with Gasteiger partial charge in [0.15, 0.2) is 0 Å². The second kappa shape index (κ2) is 6.79. The molecule has 0 aliphatic heterocycles. The topological polar surface area (TPSA) is 46.3 Å². The standard InChI is InChI=1S/C15H22F2N2O/c1-4-19(10-15(2,3)9-18)14(20)8-11-12(16)6-5-7-13(11)17/h5-7H,4,8-10,18H2,1-3H3. The van der Waals surface area contributed by atoms with Crippen molar-refractivity contribution in [2.45, 2.75) is 27.2 Å². The highest BCUT2D eigenvalue weighted by atomic mass is 19.1. The Bertz CT molecular complexity index is 455. The summed E-state index contributed by atoms with van der Waals surface area (Å²) in [5.41, 5.74) is 5.25. The summed E-state index contributed by atoms with van der Waals surface area (Å²) in [5.74, 6) is -1.67. The van der Waals surface area contributed by atoms with Crippen molar-refractivity contribution < 1.29 is 13.6 Å². The van der Waals surface area contributed by atoms with Crippen molar-refractivity contribution in [1.82, 2.24) is 4.90 Å². The molecule has 2 N–H and O–H groups in total. The van der Waals surface area contributed by atoms with E-state index in [-0.39, 0.29) is 23.3 Å². The van der Waals surface area contributed by atoms with E-state index in [0.717, 1.165) is 12.1 Å². The van der Waals surface area contributed by atoms with Crippen LogP contribution in [0.5, 0.6) is 0 Å². The smallest absolute Gasteiger partial charge is 0.227 e. The highest BCUT2D eigenvalue weighted by Crippen LogP contribution is 2.18. The first-order valence-electron chi connectivity index (χ1n) is 6.71. The van der Waals surface area contributed by atoms with E-state index in [4.69, 9.17) is 5.73 Å². The van der Waals surface area contributed by atoms with Gasteiger partial charge in [0.2, 0.25) is 5.91 Å². The normalized spacial score (nSPS) is 11.5. The molecule has 1 rings (SSSR count). The molecule has 0 atom stereocenters. The van der Waals surface area contributed by atoms with E-state index < -0.39 is 11.6 Å². The summed E-state index contributed by atoms with van der Waals surface area (Å²) in [5, 5.41) is 0. The Morgan fingerprint density at radius 3 is 2.30 bits per heavy atom. The van der Waals surface area contributed by atoms with Crippen molar-refractivity contribution in [3.8, 4) is 0 Å². The lowest BCUT2D eigenvalue weighted by molar-refractivity contribution is -0.131. The molecule has 3 nitrogen and oxygen atoms in total. The van der Waals surface area contributed by atoms with Gasteiger partial charge in [-0.25, -0.2) is 8.78 Å². The number of benzene rings is 1. The van der Waals surface area contributed by atoms with E-state index in [2.05, 4.69) is 0 Å². The molecule has 20 heavy (non-hydrogen) atoms. The van der Waals surface area contributed by atoms with Crippen molar-refractivity contribution in [2.24, 2.45) is 11.1 Å². The molecule has 0 aromatic heterocycles. The lowest BCUT2D eigenvalue weighted by Crippen LogP contribution is -2.42. The molecule has 0 aliphatic rings. The molecule has 0 spiro atoms. The number of hydrogen-bond donors (Lipinski definition) is 1. The molecule has 1 amide bonds. The summed E-state index contributed by atoms with van der Waals surface area (Å²) < 4.78 is 27.1. The minimum atomic E-state index is -0.688. The van der Waals surface area contributed by atoms with Gasteiger partial charge >= 0.3 is 0 Å². The lowest BCUT2D eigenvalue weighted by Gasteiger charge is -2.31. The average Bonchev–Trinajstić information content (AvgIpc) is 2.40. The molecule has 112 valence electrons. The van der Waals surface area contributed by atoms with E-state index in [1.165, 1.54) is 6.07 Å². The van der Waals surface area contributed by atoms with Gasteiger partial charge in [-0.2, -0.15) is 0 Å².